The first-order chi connectivity index (χ1) is 11.3. The minimum absolute atomic E-state index is 0.0556. The van der Waals surface area contributed by atoms with Crippen molar-refractivity contribution in [1.82, 2.24) is 9.80 Å². The molecule has 1 fully saturated rings. The van der Waals surface area contributed by atoms with Crippen molar-refractivity contribution in [3.63, 3.8) is 0 Å². The fourth-order valence-electron chi connectivity index (χ4n) is 1.69. The first kappa shape index (κ1) is 19.5. The maximum atomic E-state index is 11.4. The van der Waals surface area contributed by atoms with E-state index in [0.717, 1.165) is 4.90 Å². The van der Waals surface area contributed by atoms with Crippen LogP contribution in [0.25, 0.3) is 0 Å². The molecule has 134 valence electrons. The maximum absolute atomic E-state index is 11.4. The predicted molar refractivity (Wildman–Crippen MR) is 68.9 cm³/mol. The second-order valence-electron chi connectivity index (χ2n) is 4.54. The lowest BCUT2D eigenvalue weighted by Gasteiger charge is -2.24. The highest BCUT2D eigenvalue weighted by Crippen LogP contribution is 1.99. The lowest BCUT2D eigenvalue weighted by molar-refractivity contribution is -0.269. The van der Waals surface area contributed by atoms with E-state index in [9.17, 15) is 23.6 Å². The van der Waals surface area contributed by atoms with E-state index in [2.05, 4.69) is 18.9 Å². The summed E-state index contributed by atoms with van der Waals surface area (Å²) in [6.45, 7) is -2.12. The summed E-state index contributed by atoms with van der Waals surface area (Å²) in [7, 11) is -3.32. The van der Waals surface area contributed by atoms with Gasteiger partial charge in [-0.3, -0.25) is 42.8 Å². The third kappa shape index (κ3) is 8.16. The number of hydrogen-bond donors (Lipinski definition) is 2. The summed E-state index contributed by atoms with van der Waals surface area (Å²) in [4.78, 5) is 54.9. The van der Waals surface area contributed by atoms with Crippen molar-refractivity contribution >= 4 is 33.0 Å². The van der Waals surface area contributed by atoms with Crippen LogP contribution in [-0.2, 0) is 42.6 Å². The molecule has 2 N–H and O–H groups in total. The smallest absolute Gasteiger partial charge is 0.480 e. The van der Waals surface area contributed by atoms with E-state index in [4.69, 9.17) is 10.2 Å². The molecule has 24 heavy (non-hydrogen) atoms. The third-order valence-electron chi connectivity index (χ3n) is 2.56. The van der Waals surface area contributed by atoms with Crippen LogP contribution in [0.15, 0.2) is 0 Å². The quantitative estimate of drug-likeness (QED) is 0.349. The Morgan fingerprint density at radius 2 is 1.50 bits per heavy atom. The standard InChI is InChI=1S/C10H14N2O11Si/c13-7(14)3-11(4-8(15)16)1-2-12-5-9(17)20-22-24(19)23-21-10(18)6-12/h1-6H2,(H,13,14)(H,15,16). The number of carbonyl (C=O) groups excluding carboxylic acids is 2. The molecule has 1 aliphatic rings. The Hall–Kier alpha value is -2.58. The number of carboxylic acid groups (broad SMARTS) is 2. The van der Waals surface area contributed by atoms with Crippen molar-refractivity contribution in [3.8, 4) is 0 Å². The highest BCUT2D eigenvalue weighted by Gasteiger charge is 2.26. The molecule has 1 heterocycles. The number of nitrogens with zero attached hydrogens (tertiary/aromatic N) is 2. The van der Waals surface area contributed by atoms with Crippen molar-refractivity contribution in [2.45, 2.75) is 0 Å². The average molecular weight is 366 g/mol. The zero-order valence-electron chi connectivity index (χ0n) is 12.2. The van der Waals surface area contributed by atoms with Gasteiger partial charge in [-0.25, -0.2) is 9.59 Å². The summed E-state index contributed by atoms with van der Waals surface area (Å²) < 4.78 is 19.1. The van der Waals surface area contributed by atoms with Crippen molar-refractivity contribution in [3.05, 3.63) is 0 Å². The van der Waals surface area contributed by atoms with Crippen LogP contribution in [0.4, 0.5) is 0 Å². The van der Waals surface area contributed by atoms with Gasteiger partial charge in [0.1, 0.15) is 13.1 Å². The number of carboxylic acids is 2. The Bertz CT molecular complexity index is 485. The second-order valence-corrected chi connectivity index (χ2v) is 5.37. The summed E-state index contributed by atoms with van der Waals surface area (Å²) in [6, 6.07) is 0. The van der Waals surface area contributed by atoms with Crippen LogP contribution in [0.2, 0.25) is 0 Å². The largest absolute Gasteiger partial charge is 0.854 e. The predicted octanol–water partition coefficient (Wildman–Crippen LogP) is -2.86. The molecular weight excluding hydrogens is 352 g/mol. The Morgan fingerprint density at radius 3 is 1.92 bits per heavy atom. The molecule has 1 saturated heterocycles. The molecule has 0 aromatic carbocycles. The van der Waals surface area contributed by atoms with Gasteiger partial charge in [0.2, 0.25) is 0 Å². The molecular formula is C10H14N2O11Si. The van der Waals surface area contributed by atoms with Crippen molar-refractivity contribution in [2.24, 2.45) is 0 Å². The first-order valence-electron chi connectivity index (χ1n) is 6.43. The Kier molecular flexibility index (Phi) is 7.73. The number of rotatable bonds is 7. The molecule has 14 heteroatoms. The van der Waals surface area contributed by atoms with Gasteiger partial charge in [-0.15, -0.1) is 0 Å². The van der Waals surface area contributed by atoms with E-state index in [0.29, 0.717) is 0 Å². The Labute approximate surface area is 136 Å². The molecule has 1 aliphatic heterocycles. The molecule has 0 bridgehead atoms. The average Bonchev–Trinajstić information content (AvgIpc) is 2.46. The number of hydrogen-bond acceptors (Lipinski definition) is 11. The highest BCUT2D eigenvalue weighted by atomic mass is 28.3. The van der Waals surface area contributed by atoms with E-state index in [1.54, 1.807) is 0 Å². The Balaban J connectivity index is 2.64. The van der Waals surface area contributed by atoms with Gasteiger partial charge < -0.3 is 10.2 Å². The lowest BCUT2D eigenvalue weighted by Crippen LogP contribution is -2.44. The SMILES string of the molecule is O=C(O)CN(CCN1CC(=O)OO[Si](=O)OOC(=O)C1)CC(=O)O. The van der Waals surface area contributed by atoms with Crippen molar-refractivity contribution in [1.29, 1.82) is 0 Å². The molecule has 0 aliphatic carbocycles. The van der Waals surface area contributed by atoms with Crippen LogP contribution in [0.1, 0.15) is 0 Å². The van der Waals surface area contributed by atoms with Crippen LogP contribution < -0.4 is 0 Å². The van der Waals surface area contributed by atoms with Gasteiger partial charge in [-0.05, 0) is 0 Å². The van der Waals surface area contributed by atoms with Crippen LogP contribution in [0.3, 0.4) is 0 Å². The van der Waals surface area contributed by atoms with Crippen molar-refractivity contribution < 1.29 is 52.8 Å². The molecule has 13 nitrogen and oxygen atoms in total. The molecule has 0 spiro atoms. The van der Waals surface area contributed by atoms with Gasteiger partial charge in [0.25, 0.3) is 0 Å². The van der Waals surface area contributed by atoms with E-state index in [1.807, 2.05) is 0 Å². The molecule has 0 aromatic rings. The lowest BCUT2D eigenvalue weighted by atomic mass is 10.4. The summed E-state index contributed by atoms with van der Waals surface area (Å²) >= 11 is 0. The minimum atomic E-state index is -3.32. The maximum Gasteiger partial charge on any atom is 0.854 e. The van der Waals surface area contributed by atoms with Gasteiger partial charge in [0.15, 0.2) is 0 Å². The number of aliphatic carboxylic acids is 2. The van der Waals surface area contributed by atoms with Crippen molar-refractivity contribution in [2.75, 3.05) is 39.3 Å². The molecule has 0 amide bonds. The van der Waals surface area contributed by atoms with Crippen LogP contribution >= 0.6 is 0 Å². The van der Waals surface area contributed by atoms with Gasteiger partial charge in [0, 0.05) is 13.1 Å². The third-order valence-corrected chi connectivity index (χ3v) is 3.00. The van der Waals surface area contributed by atoms with Gasteiger partial charge in [-0.2, -0.15) is 0 Å². The monoisotopic (exact) mass is 366 g/mol. The van der Waals surface area contributed by atoms with E-state index < -0.39 is 59.2 Å². The van der Waals surface area contributed by atoms with E-state index in [-0.39, 0.29) is 13.1 Å². The molecule has 0 aromatic heterocycles. The summed E-state index contributed by atoms with van der Waals surface area (Å²) in [5.41, 5.74) is 0. The number of carbonyl (C=O) groups is 4. The first-order valence-corrected chi connectivity index (χ1v) is 7.65. The zero-order chi connectivity index (χ0) is 18.1. The molecule has 0 atom stereocenters. The normalized spacial score (nSPS) is 16.6. The molecule has 1 rings (SSSR count). The topological polar surface area (TPSA) is 169 Å². The molecule has 0 radical (unpaired) electrons. The van der Waals surface area contributed by atoms with Crippen LogP contribution in [0.5, 0.6) is 0 Å². The fourth-order valence-corrected chi connectivity index (χ4v) is 2.04. The minimum Gasteiger partial charge on any atom is -0.480 e. The van der Waals surface area contributed by atoms with Gasteiger partial charge in [0.05, 0.1) is 13.1 Å². The van der Waals surface area contributed by atoms with Gasteiger partial charge >= 0.3 is 33.0 Å². The zero-order valence-corrected chi connectivity index (χ0v) is 13.2. The van der Waals surface area contributed by atoms with Crippen LogP contribution in [0, 0.1) is 0 Å². The van der Waals surface area contributed by atoms with Gasteiger partial charge in [-0.1, -0.05) is 0 Å². The van der Waals surface area contributed by atoms with E-state index in [1.165, 1.54) is 4.90 Å². The fraction of sp³-hybridized carbons (Fsp3) is 0.600. The Morgan fingerprint density at radius 1 is 1.04 bits per heavy atom. The molecule has 0 unspecified atom stereocenters. The second kappa shape index (κ2) is 9.53. The van der Waals surface area contributed by atoms with E-state index >= 15 is 0 Å². The van der Waals surface area contributed by atoms with Crippen LogP contribution in [-0.4, -0.2) is 92.3 Å². The molecule has 0 saturated carbocycles. The highest BCUT2D eigenvalue weighted by molar-refractivity contribution is 6.25. The summed E-state index contributed by atoms with van der Waals surface area (Å²) in [6.07, 6.45) is 0. The summed E-state index contributed by atoms with van der Waals surface area (Å²) in [5, 5.41) is 17.5. The summed E-state index contributed by atoms with van der Waals surface area (Å²) in [5.74, 6) is -4.42.